The molecule has 2 fully saturated rings. The lowest BCUT2D eigenvalue weighted by Crippen LogP contribution is -2.41. The Morgan fingerprint density at radius 3 is 2.95 bits per heavy atom. The molecule has 2 unspecified atom stereocenters. The van der Waals surface area contributed by atoms with E-state index in [1.165, 1.54) is 32.1 Å². The van der Waals surface area contributed by atoms with Crippen molar-refractivity contribution in [1.82, 2.24) is 15.3 Å². The van der Waals surface area contributed by atoms with Gasteiger partial charge in [-0.3, -0.25) is 0 Å². The molecule has 4 nitrogen and oxygen atoms in total. The molecule has 2 heterocycles. The van der Waals surface area contributed by atoms with Crippen molar-refractivity contribution in [3.05, 3.63) is 24.3 Å². The molecule has 2 aliphatic rings. The minimum Gasteiger partial charge on any atom is -0.375 e. The van der Waals surface area contributed by atoms with Crippen LogP contribution in [0.2, 0.25) is 0 Å². The van der Waals surface area contributed by atoms with Crippen LogP contribution in [0.15, 0.2) is 18.6 Å². The molecular formula is C15H23N3O. The first-order valence-electron chi connectivity index (χ1n) is 7.40. The fourth-order valence-electron chi connectivity index (χ4n) is 3.83. The van der Waals surface area contributed by atoms with Gasteiger partial charge in [-0.25, -0.2) is 9.97 Å². The van der Waals surface area contributed by atoms with E-state index >= 15 is 0 Å². The fourth-order valence-corrected chi connectivity index (χ4v) is 3.83. The number of nitrogens with one attached hydrogen (secondary N) is 1. The van der Waals surface area contributed by atoms with Gasteiger partial charge in [-0.15, -0.1) is 0 Å². The molecule has 1 aliphatic carbocycles. The number of hydrogen-bond donors (Lipinski definition) is 1. The molecule has 1 aromatic heterocycles. The van der Waals surface area contributed by atoms with Crippen molar-refractivity contribution in [2.24, 2.45) is 5.92 Å². The van der Waals surface area contributed by atoms with E-state index in [9.17, 15) is 0 Å². The van der Waals surface area contributed by atoms with Crippen LogP contribution in [0.1, 0.15) is 50.3 Å². The Morgan fingerprint density at radius 1 is 1.42 bits per heavy atom. The van der Waals surface area contributed by atoms with E-state index in [4.69, 9.17) is 4.74 Å². The first-order chi connectivity index (χ1) is 9.33. The van der Waals surface area contributed by atoms with Gasteiger partial charge in [-0.05, 0) is 44.7 Å². The molecule has 104 valence electrons. The van der Waals surface area contributed by atoms with Gasteiger partial charge in [0.05, 0.1) is 17.3 Å². The SMILES string of the molecule is CNC(c1ccncn1)C1CCOC2(CCCC2)C1. The minimum atomic E-state index is 0.172. The highest BCUT2D eigenvalue weighted by atomic mass is 16.5. The van der Waals surface area contributed by atoms with E-state index in [-0.39, 0.29) is 5.60 Å². The third-order valence-corrected chi connectivity index (χ3v) is 4.75. The maximum Gasteiger partial charge on any atom is 0.115 e. The van der Waals surface area contributed by atoms with Gasteiger partial charge < -0.3 is 10.1 Å². The van der Waals surface area contributed by atoms with Crippen LogP contribution in [-0.2, 0) is 4.74 Å². The van der Waals surface area contributed by atoms with E-state index in [1.54, 1.807) is 6.33 Å². The highest BCUT2D eigenvalue weighted by molar-refractivity contribution is 5.08. The predicted octanol–water partition coefficient (Wildman–Crippen LogP) is 2.48. The summed E-state index contributed by atoms with van der Waals surface area (Å²) in [5.74, 6) is 0.617. The number of nitrogens with zero attached hydrogens (tertiary/aromatic N) is 2. The van der Waals surface area contributed by atoms with Gasteiger partial charge >= 0.3 is 0 Å². The monoisotopic (exact) mass is 261 g/mol. The van der Waals surface area contributed by atoms with Crippen molar-refractivity contribution in [2.45, 2.75) is 50.2 Å². The fraction of sp³-hybridized carbons (Fsp3) is 0.733. The van der Waals surface area contributed by atoms with E-state index in [0.717, 1.165) is 18.7 Å². The van der Waals surface area contributed by atoms with Gasteiger partial charge in [0, 0.05) is 12.8 Å². The molecule has 0 amide bonds. The van der Waals surface area contributed by atoms with E-state index in [2.05, 4.69) is 15.3 Å². The van der Waals surface area contributed by atoms with Crippen molar-refractivity contribution in [1.29, 1.82) is 0 Å². The Hall–Kier alpha value is -1.00. The second kappa shape index (κ2) is 5.55. The second-order valence-corrected chi connectivity index (χ2v) is 5.89. The zero-order chi connectivity index (χ0) is 13.1. The Bertz CT molecular complexity index is 403. The Kier molecular flexibility index (Phi) is 3.80. The molecule has 1 spiro atoms. The Morgan fingerprint density at radius 2 is 2.26 bits per heavy atom. The van der Waals surface area contributed by atoms with Gasteiger partial charge in [0.25, 0.3) is 0 Å². The summed E-state index contributed by atoms with van der Waals surface area (Å²) in [4.78, 5) is 8.44. The Balaban J connectivity index is 1.76. The lowest BCUT2D eigenvalue weighted by atomic mass is 9.79. The summed E-state index contributed by atoms with van der Waals surface area (Å²) >= 11 is 0. The third-order valence-electron chi connectivity index (χ3n) is 4.75. The van der Waals surface area contributed by atoms with Crippen molar-refractivity contribution in [3.8, 4) is 0 Å². The molecule has 1 aromatic rings. The maximum atomic E-state index is 6.13. The van der Waals surface area contributed by atoms with Gasteiger partial charge in [0.1, 0.15) is 6.33 Å². The predicted molar refractivity (Wildman–Crippen MR) is 73.7 cm³/mol. The molecule has 0 aromatic carbocycles. The number of hydrogen-bond acceptors (Lipinski definition) is 4. The van der Waals surface area contributed by atoms with Gasteiger partial charge in [-0.2, -0.15) is 0 Å². The number of aromatic nitrogens is 2. The zero-order valence-corrected chi connectivity index (χ0v) is 11.6. The van der Waals surface area contributed by atoms with Crippen LogP contribution in [0.5, 0.6) is 0 Å². The quantitative estimate of drug-likeness (QED) is 0.908. The number of rotatable bonds is 3. The summed E-state index contributed by atoms with van der Waals surface area (Å²) in [5, 5.41) is 3.45. The van der Waals surface area contributed by atoms with Crippen LogP contribution in [0, 0.1) is 5.92 Å². The molecule has 3 rings (SSSR count). The molecule has 1 aliphatic heterocycles. The summed E-state index contributed by atoms with van der Waals surface area (Å²) in [5.41, 5.74) is 1.28. The summed E-state index contributed by atoms with van der Waals surface area (Å²) < 4.78 is 6.13. The van der Waals surface area contributed by atoms with Crippen LogP contribution in [0.25, 0.3) is 0 Å². The standard InChI is InChI=1S/C15H23N3O/c1-16-14(13-4-8-17-11-18-13)12-5-9-19-15(10-12)6-2-3-7-15/h4,8,11-12,14,16H,2-3,5-7,9-10H2,1H3. The smallest absolute Gasteiger partial charge is 0.115 e. The topological polar surface area (TPSA) is 47.0 Å². The molecular weight excluding hydrogens is 238 g/mol. The van der Waals surface area contributed by atoms with Crippen molar-refractivity contribution >= 4 is 0 Å². The molecule has 4 heteroatoms. The second-order valence-electron chi connectivity index (χ2n) is 5.89. The van der Waals surface area contributed by atoms with Crippen LogP contribution in [-0.4, -0.2) is 29.2 Å². The molecule has 1 N–H and O–H groups in total. The van der Waals surface area contributed by atoms with Crippen LogP contribution in [0.4, 0.5) is 0 Å². The van der Waals surface area contributed by atoms with Crippen LogP contribution >= 0.6 is 0 Å². The molecule has 0 bridgehead atoms. The maximum absolute atomic E-state index is 6.13. The van der Waals surface area contributed by atoms with Crippen molar-refractivity contribution < 1.29 is 4.74 Å². The zero-order valence-electron chi connectivity index (χ0n) is 11.6. The van der Waals surface area contributed by atoms with Gasteiger partial charge in [0.2, 0.25) is 0 Å². The molecule has 0 radical (unpaired) electrons. The molecule has 1 saturated heterocycles. The summed E-state index contributed by atoms with van der Waals surface area (Å²) in [6, 6.07) is 2.35. The highest BCUT2D eigenvalue weighted by Crippen LogP contribution is 2.44. The van der Waals surface area contributed by atoms with Gasteiger partial charge in [-0.1, -0.05) is 12.8 Å². The van der Waals surface area contributed by atoms with Gasteiger partial charge in [0.15, 0.2) is 0 Å². The first-order valence-corrected chi connectivity index (χ1v) is 7.40. The molecule has 19 heavy (non-hydrogen) atoms. The Labute approximate surface area is 115 Å². The lowest BCUT2D eigenvalue weighted by Gasteiger charge is -2.41. The minimum absolute atomic E-state index is 0.172. The van der Waals surface area contributed by atoms with E-state index < -0.39 is 0 Å². The lowest BCUT2D eigenvalue weighted by molar-refractivity contribution is -0.0980. The van der Waals surface area contributed by atoms with Crippen LogP contribution < -0.4 is 5.32 Å². The highest BCUT2D eigenvalue weighted by Gasteiger charge is 2.42. The van der Waals surface area contributed by atoms with Crippen molar-refractivity contribution in [3.63, 3.8) is 0 Å². The summed E-state index contributed by atoms with van der Waals surface area (Å²) in [6.07, 6.45) is 10.9. The van der Waals surface area contributed by atoms with E-state index in [0.29, 0.717) is 12.0 Å². The van der Waals surface area contributed by atoms with Crippen LogP contribution in [0.3, 0.4) is 0 Å². The van der Waals surface area contributed by atoms with E-state index in [1.807, 2.05) is 19.3 Å². The summed E-state index contributed by atoms with van der Waals surface area (Å²) in [6.45, 7) is 0.897. The normalized spacial score (nSPS) is 27.5. The third kappa shape index (κ3) is 2.65. The average Bonchev–Trinajstić information content (AvgIpc) is 2.89. The largest absolute Gasteiger partial charge is 0.375 e. The number of ether oxygens (including phenoxy) is 1. The average molecular weight is 261 g/mol. The molecule has 2 atom stereocenters. The summed E-state index contributed by atoms with van der Waals surface area (Å²) in [7, 11) is 2.03. The van der Waals surface area contributed by atoms with Crippen molar-refractivity contribution in [2.75, 3.05) is 13.7 Å². The molecule has 1 saturated carbocycles. The first kappa shape index (κ1) is 13.0.